The van der Waals surface area contributed by atoms with Gasteiger partial charge in [-0.2, -0.15) is 0 Å². The third-order valence-electron chi connectivity index (χ3n) is 4.98. The monoisotopic (exact) mass is 355 g/mol. The van der Waals surface area contributed by atoms with Gasteiger partial charge in [0.05, 0.1) is 7.05 Å². The first kappa shape index (κ1) is 18.3. The molecule has 1 aliphatic rings. The lowest BCUT2D eigenvalue weighted by Crippen LogP contribution is -3.12. The number of anilines is 1. The van der Waals surface area contributed by atoms with Gasteiger partial charge in [0.15, 0.2) is 17.5 Å². The minimum Gasteiger partial charge on any atom is -0.454 e. The van der Waals surface area contributed by atoms with Crippen LogP contribution in [-0.2, 0) is 11.3 Å². The van der Waals surface area contributed by atoms with Crippen LogP contribution in [-0.4, -0.2) is 25.8 Å². The molecule has 5 heteroatoms. The fourth-order valence-corrected chi connectivity index (χ4v) is 3.36. The minimum absolute atomic E-state index is 0.0262. The summed E-state index contributed by atoms with van der Waals surface area (Å²) in [5, 5.41) is 3.11. The second kappa shape index (κ2) is 7.38. The summed E-state index contributed by atoms with van der Waals surface area (Å²) in [7, 11) is 2.03. The zero-order chi connectivity index (χ0) is 18.8. The second-order valence-corrected chi connectivity index (χ2v) is 7.20. The third kappa shape index (κ3) is 3.83. The summed E-state index contributed by atoms with van der Waals surface area (Å²) in [5.41, 5.74) is 5.43. The van der Waals surface area contributed by atoms with E-state index in [-0.39, 0.29) is 18.7 Å². The highest BCUT2D eigenvalue weighted by Crippen LogP contribution is 2.32. The molecule has 2 atom stereocenters. The molecule has 0 aliphatic carbocycles. The lowest BCUT2D eigenvalue weighted by Gasteiger charge is -2.22. The van der Waals surface area contributed by atoms with E-state index < -0.39 is 0 Å². The highest BCUT2D eigenvalue weighted by Gasteiger charge is 2.24. The van der Waals surface area contributed by atoms with Crippen LogP contribution in [0.3, 0.4) is 0 Å². The van der Waals surface area contributed by atoms with E-state index >= 15 is 0 Å². The van der Waals surface area contributed by atoms with Gasteiger partial charge in [0.2, 0.25) is 6.79 Å². The zero-order valence-electron chi connectivity index (χ0n) is 16.1. The van der Waals surface area contributed by atoms with Gasteiger partial charge in [-0.05, 0) is 57.0 Å². The van der Waals surface area contributed by atoms with Crippen LogP contribution in [0.15, 0.2) is 30.3 Å². The molecule has 0 saturated carbocycles. The Kier molecular flexibility index (Phi) is 5.18. The minimum atomic E-state index is -0.180. The van der Waals surface area contributed by atoms with Crippen LogP contribution < -0.4 is 19.7 Å². The summed E-state index contributed by atoms with van der Waals surface area (Å²) >= 11 is 0. The van der Waals surface area contributed by atoms with E-state index in [1.54, 1.807) is 0 Å². The lowest BCUT2D eigenvalue weighted by molar-refractivity contribution is -0.907. The van der Waals surface area contributed by atoms with E-state index in [2.05, 4.69) is 24.4 Å². The van der Waals surface area contributed by atoms with Crippen molar-refractivity contribution in [2.45, 2.75) is 40.3 Å². The smallest absolute Gasteiger partial charge is 0.282 e. The maximum atomic E-state index is 12.7. The molecule has 3 rings (SSSR count). The molecule has 0 bridgehead atoms. The highest BCUT2D eigenvalue weighted by molar-refractivity contribution is 5.95. The van der Waals surface area contributed by atoms with Crippen molar-refractivity contribution in [3.05, 3.63) is 52.6 Å². The van der Waals surface area contributed by atoms with Gasteiger partial charge in [0.25, 0.3) is 5.91 Å². The average molecular weight is 355 g/mol. The number of carbonyl (C=O) groups is 1. The number of fused-ring (bicyclic) bond motifs is 1. The normalized spacial score (nSPS) is 14.8. The first-order chi connectivity index (χ1) is 12.3. The fraction of sp³-hybridized carbons (Fsp3) is 0.381. The molecule has 1 unspecified atom stereocenters. The standard InChI is InChI=1S/C21H26N2O3/c1-13-8-14(2)20(15(3)9-13)22-21(24)16(4)23(5)11-17-6-7-18-19(10-17)26-12-25-18/h6-10,16H,11-12H2,1-5H3,(H,22,24)/p+1/t16-/m0/s1. The number of likely N-dealkylation sites (N-methyl/N-ethyl adjacent to an activating group) is 1. The number of carbonyl (C=O) groups excluding carboxylic acids is 1. The van der Waals surface area contributed by atoms with Crippen molar-refractivity contribution >= 4 is 11.6 Å². The number of aryl methyl sites for hydroxylation is 3. The molecule has 2 N–H and O–H groups in total. The van der Waals surface area contributed by atoms with E-state index in [0.717, 1.165) is 45.3 Å². The molecule has 0 aromatic heterocycles. The van der Waals surface area contributed by atoms with E-state index in [9.17, 15) is 4.79 Å². The second-order valence-electron chi connectivity index (χ2n) is 7.20. The van der Waals surface area contributed by atoms with Gasteiger partial charge in [0.1, 0.15) is 6.54 Å². The van der Waals surface area contributed by atoms with Gasteiger partial charge >= 0.3 is 0 Å². The van der Waals surface area contributed by atoms with Crippen LogP contribution >= 0.6 is 0 Å². The van der Waals surface area contributed by atoms with Gasteiger partial charge in [-0.15, -0.1) is 0 Å². The summed E-state index contributed by atoms with van der Waals surface area (Å²) in [6.45, 7) is 9.09. The van der Waals surface area contributed by atoms with Gasteiger partial charge in [-0.1, -0.05) is 17.7 Å². The molecule has 0 radical (unpaired) electrons. The highest BCUT2D eigenvalue weighted by atomic mass is 16.7. The van der Waals surface area contributed by atoms with Crippen LogP contribution in [0.4, 0.5) is 5.69 Å². The van der Waals surface area contributed by atoms with E-state index in [1.807, 2.05) is 46.0 Å². The van der Waals surface area contributed by atoms with E-state index in [1.165, 1.54) is 5.56 Å². The lowest BCUT2D eigenvalue weighted by atomic mass is 10.0. The molecular weight excluding hydrogens is 328 g/mol. The number of hydrogen-bond acceptors (Lipinski definition) is 3. The van der Waals surface area contributed by atoms with Crippen LogP contribution in [0.25, 0.3) is 0 Å². The first-order valence-corrected chi connectivity index (χ1v) is 8.94. The van der Waals surface area contributed by atoms with Gasteiger partial charge in [-0.3, -0.25) is 4.79 Å². The summed E-state index contributed by atoms with van der Waals surface area (Å²) in [4.78, 5) is 13.9. The number of quaternary nitrogens is 1. The molecule has 1 amide bonds. The van der Waals surface area contributed by atoms with Crippen molar-refractivity contribution in [1.82, 2.24) is 0 Å². The molecule has 0 fully saturated rings. The van der Waals surface area contributed by atoms with Crippen LogP contribution in [0, 0.1) is 20.8 Å². The number of benzene rings is 2. The number of hydrogen-bond donors (Lipinski definition) is 2. The Balaban J connectivity index is 1.66. The molecule has 1 heterocycles. The van der Waals surface area contributed by atoms with Gasteiger partial charge < -0.3 is 19.7 Å². The third-order valence-corrected chi connectivity index (χ3v) is 4.98. The summed E-state index contributed by atoms with van der Waals surface area (Å²) in [5.74, 6) is 1.58. The molecular formula is C21H27N2O3+. The maximum absolute atomic E-state index is 12.7. The van der Waals surface area contributed by atoms with Crippen LogP contribution in [0.2, 0.25) is 0 Å². The summed E-state index contributed by atoms with van der Waals surface area (Å²) in [6, 6.07) is 9.95. The topological polar surface area (TPSA) is 52.0 Å². The molecule has 2 aromatic rings. The molecule has 26 heavy (non-hydrogen) atoms. The molecule has 2 aromatic carbocycles. The number of amides is 1. The van der Waals surface area contributed by atoms with Crippen molar-refractivity contribution in [1.29, 1.82) is 0 Å². The van der Waals surface area contributed by atoms with Crippen molar-refractivity contribution in [2.75, 3.05) is 19.2 Å². The number of nitrogens with one attached hydrogen (secondary N) is 2. The van der Waals surface area contributed by atoms with Gasteiger partial charge in [0, 0.05) is 11.3 Å². The molecule has 138 valence electrons. The molecule has 0 saturated heterocycles. The zero-order valence-corrected chi connectivity index (χ0v) is 16.1. The largest absolute Gasteiger partial charge is 0.454 e. The Hall–Kier alpha value is -2.53. The van der Waals surface area contributed by atoms with Crippen LogP contribution in [0.1, 0.15) is 29.2 Å². The summed E-state index contributed by atoms with van der Waals surface area (Å²) < 4.78 is 10.8. The van der Waals surface area contributed by atoms with Gasteiger partial charge in [-0.25, -0.2) is 0 Å². The van der Waals surface area contributed by atoms with E-state index in [4.69, 9.17) is 9.47 Å². The quantitative estimate of drug-likeness (QED) is 0.866. The molecule has 0 spiro atoms. The Morgan fingerprint density at radius 1 is 1.12 bits per heavy atom. The van der Waals surface area contributed by atoms with E-state index in [0.29, 0.717) is 0 Å². The SMILES string of the molecule is Cc1cc(C)c(NC(=O)[C@H](C)[NH+](C)Cc2ccc3c(c2)OCO3)c(C)c1. The van der Waals surface area contributed by atoms with Crippen molar-refractivity contribution < 1.29 is 19.2 Å². The Labute approximate surface area is 154 Å². The Morgan fingerprint density at radius 2 is 1.77 bits per heavy atom. The van der Waals surface area contributed by atoms with Crippen molar-refractivity contribution in [2.24, 2.45) is 0 Å². The van der Waals surface area contributed by atoms with Crippen molar-refractivity contribution in [3.8, 4) is 11.5 Å². The predicted octanol–water partition coefficient (Wildman–Crippen LogP) is 2.38. The number of rotatable bonds is 5. The van der Waals surface area contributed by atoms with Crippen LogP contribution in [0.5, 0.6) is 11.5 Å². The van der Waals surface area contributed by atoms with Crippen molar-refractivity contribution in [3.63, 3.8) is 0 Å². The fourth-order valence-electron chi connectivity index (χ4n) is 3.36. The first-order valence-electron chi connectivity index (χ1n) is 8.94. The predicted molar refractivity (Wildman–Crippen MR) is 102 cm³/mol. The maximum Gasteiger partial charge on any atom is 0.282 e. The Bertz CT molecular complexity index is 809. The number of ether oxygens (including phenoxy) is 2. The average Bonchev–Trinajstić information content (AvgIpc) is 3.04. The Morgan fingerprint density at radius 3 is 2.46 bits per heavy atom. The molecule has 5 nitrogen and oxygen atoms in total. The summed E-state index contributed by atoms with van der Waals surface area (Å²) in [6.07, 6.45) is 0. The molecule has 1 aliphatic heterocycles.